The molecule has 0 heterocycles. The fraction of sp³-hybridized carbons (Fsp3) is 0.238. The second-order valence-corrected chi connectivity index (χ2v) is 9.27. The first-order chi connectivity index (χ1) is 14.1. The van der Waals surface area contributed by atoms with Crippen molar-refractivity contribution in [2.75, 3.05) is 6.26 Å². The van der Waals surface area contributed by atoms with E-state index in [0.29, 0.717) is 21.7 Å². The van der Waals surface area contributed by atoms with E-state index >= 15 is 0 Å². The molecule has 30 heavy (non-hydrogen) atoms. The smallest absolute Gasteiger partial charge is 0.326 e. The van der Waals surface area contributed by atoms with Crippen LogP contribution in [-0.4, -0.2) is 37.7 Å². The monoisotopic (exact) mass is 448 g/mol. The van der Waals surface area contributed by atoms with E-state index in [1.165, 1.54) is 0 Å². The predicted octanol–water partition coefficient (Wildman–Crippen LogP) is 2.31. The maximum atomic E-state index is 12.6. The summed E-state index contributed by atoms with van der Waals surface area (Å²) in [4.78, 5) is 24.2. The number of aliphatic carboxylic acids is 1. The van der Waals surface area contributed by atoms with Crippen molar-refractivity contribution >= 4 is 39.6 Å². The van der Waals surface area contributed by atoms with Crippen LogP contribution in [0.4, 0.5) is 0 Å². The Kier molecular flexibility index (Phi) is 6.60. The van der Waals surface area contributed by atoms with Crippen molar-refractivity contribution in [2.24, 2.45) is 0 Å². The number of carbonyl (C=O) groups excluding carboxylic acids is 1. The minimum Gasteiger partial charge on any atom is -0.480 e. The van der Waals surface area contributed by atoms with Crippen molar-refractivity contribution in [1.29, 1.82) is 0 Å². The van der Waals surface area contributed by atoms with E-state index in [4.69, 9.17) is 11.6 Å². The molecule has 9 heteroatoms. The van der Waals surface area contributed by atoms with E-state index in [1.807, 2.05) is 6.07 Å². The van der Waals surface area contributed by atoms with Crippen molar-refractivity contribution in [3.05, 3.63) is 75.8 Å². The first-order valence-electron chi connectivity index (χ1n) is 9.17. The van der Waals surface area contributed by atoms with Gasteiger partial charge in [0.25, 0.3) is 0 Å². The number of carboxylic acids is 1. The predicted molar refractivity (Wildman–Crippen MR) is 115 cm³/mol. The van der Waals surface area contributed by atoms with Gasteiger partial charge in [-0.3, -0.25) is 4.79 Å². The molecule has 0 spiro atoms. The van der Waals surface area contributed by atoms with Gasteiger partial charge in [0.2, 0.25) is 15.9 Å². The highest BCUT2D eigenvalue weighted by Gasteiger charge is 2.26. The van der Waals surface area contributed by atoms with Gasteiger partial charge in [-0.2, -0.15) is 0 Å². The number of carbonyl (C=O) groups is 2. The van der Waals surface area contributed by atoms with Crippen LogP contribution in [-0.2, 0) is 32.5 Å². The molecule has 1 amide bonds. The molecule has 1 aliphatic carbocycles. The van der Waals surface area contributed by atoms with Gasteiger partial charge in [-0.25, -0.2) is 17.9 Å². The summed E-state index contributed by atoms with van der Waals surface area (Å²) >= 11 is 6.29. The summed E-state index contributed by atoms with van der Waals surface area (Å²) in [6.07, 6.45) is 4.49. The molecular formula is C21H21ClN2O5S. The molecule has 0 fully saturated rings. The Balaban J connectivity index is 1.77. The Morgan fingerprint density at radius 2 is 1.87 bits per heavy atom. The summed E-state index contributed by atoms with van der Waals surface area (Å²) < 4.78 is 25.7. The Bertz CT molecular complexity index is 1100. The van der Waals surface area contributed by atoms with E-state index < -0.39 is 34.0 Å². The lowest BCUT2D eigenvalue weighted by molar-refractivity contribution is -0.141. The van der Waals surface area contributed by atoms with E-state index in [0.717, 1.165) is 11.8 Å². The number of rotatable bonds is 8. The van der Waals surface area contributed by atoms with Gasteiger partial charge in [0.15, 0.2) is 0 Å². The van der Waals surface area contributed by atoms with Crippen LogP contribution in [0.25, 0.3) is 6.08 Å². The first kappa shape index (κ1) is 22.0. The number of halogens is 1. The van der Waals surface area contributed by atoms with Crippen molar-refractivity contribution < 1.29 is 23.1 Å². The molecule has 0 radical (unpaired) electrons. The van der Waals surface area contributed by atoms with E-state index in [-0.39, 0.29) is 12.8 Å². The average molecular weight is 449 g/mol. The van der Waals surface area contributed by atoms with E-state index in [1.54, 1.807) is 48.6 Å². The Morgan fingerprint density at radius 1 is 1.17 bits per heavy atom. The van der Waals surface area contributed by atoms with Crippen LogP contribution in [0, 0.1) is 0 Å². The van der Waals surface area contributed by atoms with Gasteiger partial charge in [-0.1, -0.05) is 60.2 Å². The quantitative estimate of drug-likeness (QED) is 0.573. The third-order valence-electron chi connectivity index (χ3n) is 4.72. The minimum atomic E-state index is -3.43. The fourth-order valence-corrected chi connectivity index (χ4v) is 4.29. The molecule has 0 saturated carbocycles. The van der Waals surface area contributed by atoms with Crippen LogP contribution in [0.5, 0.6) is 0 Å². The van der Waals surface area contributed by atoms with Gasteiger partial charge in [0.1, 0.15) is 6.04 Å². The summed E-state index contributed by atoms with van der Waals surface area (Å²) in [7, 11) is -3.43. The Morgan fingerprint density at radius 3 is 2.50 bits per heavy atom. The molecule has 1 aliphatic rings. The van der Waals surface area contributed by atoms with Crippen LogP contribution >= 0.6 is 11.6 Å². The number of hydrogen-bond acceptors (Lipinski definition) is 4. The van der Waals surface area contributed by atoms with Gasteiger partial charge in [-0.05, 0) is 28.3 Å². The number of carboxylic acid groups (broad SMARTS) is 1. The van der Waals surface area contributed by atoms with Crippen LogP contribution < -0.4 is 10.0 Å². The molecule has 0 saturated heterocycles. The third-order valence-corrected chi connectivity index (χ3v) is 5.75. The van der Waals surface area contributed by atoms with Gasteiger partial charge in [0.05, 0.1) is 18.7 Å². The highest BCUT2D eigenvalue weighted by Crippen LogP contribution is 2.35. The number of benzene rings is 2. The SMILES string of the molecule is CS(=O)(=O)NC1C=Cc2c1ccc(Cl)c2CC(=O)N[C@H](Cc1ccccc1)C(=O)O. The number of hydrogen-bond donors (Lipinski definition) is 3. The molecule has 2 atom stereocenters. The highest BCUT2D eigenvalue weighted by atomic mass is 35.5. The average Bonchev–Trinajstić information content (AvgIpc) is 3.05. The van der Waals surface area contributed by atoms with Crippen LogP contribution in [0.3, 0.4) is 0 Å². The lowest BCUT2D eigenvalue weighted by atomic mass is 9.98. The number of amides is 1. The summed E-state index contributed by atoms with van der Waals surface area (Å²) in [5.74, 6) is -1.62. The van der Waals surface area contributed by atoms with Crippen molar-refractivity contribution in [1.82, 2.24) is 10.0 Å². The summed E-state index contributed by atoms with van der Waals surface area (Å²) in [6.45, 7) is 0. The topological polar surface area (TPSA) is 113 Å². The Labute approximate surface area is 179 Å². The largest absolute Gasteiger partial charge is 0.480 e. The zero-order valence-corrected chi connectivity index (χ0v) is 17.7. The number of nitrogens with one attached hydrogen (secondary N) is 2. The molecule has 2 aromatic rings. The highest BCUT2D eigenvalue weighted by molar-refractivity contribution is 7.88. The van der Waals surface area contributed by atoms with Crippen molar-refractivity contribution in [3.63, 3.8) is 0 Å². The summed E-state index contributed by atoms with van der Waals surface area (Å²) in [5.41, 5.74) is 2.66. The van der Waals surface area contributed by atoms with Crippen LogP contribution in [0.1, 0.15) is 28.3 Å². The van der Waals surface area contributed by atoms with E-state index in [9.17, 15) is 23.1 Å². The first-order valence-corrected chi connectivity index (χ1v) is 11.4. The van der Waals surface area contributed by atoms with Crippen LogP contribution in [0.15, 0.2) is 48.5 Å². The standard InChI is InChI=1S/C21H21ClN2O5S/c1-30(28,29)24-18-10-8-14-15(18)7-9-17(22)16(14)12-20(25)23-19(21(26)27)11-13-5-3-2-4-6-13/h2-10,18-19,24H,11-12H2,1H3,(H,23,25)(H,26,27)/t18?,19-/m1/s1. The molecule has 0 aliphatic heterocycles. The summed E-state index contributed by atoms with van der Waals surface area (Å²) in [6, 6.07) is 10.7. The maximum absolute atomic E-state index is 12.6. The normalized spacial score (nSPS) is 16.1. The lowest BCUT2D eigenvalue weighted by Gasteiger charge is -2.17. The number of fused-ring (bicyclic) bond motifs is 1. The minimum absolute atomic E-state index is 0.128. The maximum Gasteiger partial charge on any atom is 0.326 e. The Hall–Kier alpha value is -2.68. The second kappa shape index (κ2) is 8.99. The molecule has 158 valence electrons. The molecular weight excluding hydrogens is 428 g/mol. The molecule has 7 nitrogen and oxygen atoms in total. The van der Waals surface area contributed by atoms with E-state index in [2.05, 4.69) is 10.0 Å². The van der Waals surface area contributed by atoms with Gasteiger partial charge >= 0.3 is 5.97 Å². The van der Waals surface area contributed by atoms with Crippen LogP contribution in [0.2, 0.25) is 5.02 Å². The third kappa shape index (κ3) is 5.47. The van der Waals surface area contributed by atoms with Crippen molar-refractivity contribution in [2.45, 2.75) is 24.9 Å². The molecule has 2 aromatic carbocycles. The molecule has 3 rings (SSSR count). The zero-order chi connectivity index (χ0) is 21.9. The summed E-state index contributed by atoms with van der Waals surface area (Å²) in [5, 5.41) is 12.4. The van der Waals surface area contributed by atoms with Gasteiger partial charge in [-0.15, -0.1) is 0 Å². The lowest BCUT2D eigenvalue weighted by Crippen LogP contribution is -2.43. The fourth-order valence-electron chi connectivity index (χ4n) is 3.39. The number of sulfonamides is 1. The zero-order valence-electron chi connectivity index (χ0n) is 16.1. The molecule has 0 bridgehead atoms. The second-order valence-electron chi connectivity index (χ2n) is 7.08. The van der Waals surface area contributed by atoms with Gasteiger partial charge < -0.3 is 10.4 Å². The van der Waals surface area contributed by atoms with Gasteiger partial charge in [0, 0.05) is 11.4 Å². The molecule has 3 N–H and O–H groups in total. The molecule has 1 unspecified atom stereocenters. The van der Waals surface area contributed by atoms with Crippen molar-refractivity contribution in [3.8, 4) is 0 Å². The molecule has 0 aromatic heterocycles.